The second kappa shape index (κ2) is 39.4. The van der Waals surface area contributed by atoms with Crippen molar-refractivity contribution in [3.05, 3.63) is 292 Å². The van der Waals surface area contributed by atoms with Crippen LogP contribution >= 0.6 is 69.9 Å². The Balaban J connectivity index is 0.000000156. The van der Waals surface area contributed by atoms with Gasteiger partial charge in [-0.05, 0) is 160 Å². The van der Waals surface area contributed by atoms with Crippen molar-refractivity contribution < 1.29 is 71.9 Å². The lowest BCUT2D eigenvalue weighted by atomic mass is 9.29. The molecule has 0 amide bonds. The third kappa shape index (κ3) is 20.8. The number of carbonyl (C=O) groups excluding carboxylic acids is 1. The molecule has 4 N–H and O–H groups in total. The van der Waals surface area contributed by atoms with E-state index < -0.39 is 28.4 Å². The van der Waals surface area contributed by atoms with E-state index in [9.17, 15) is 34.8 Å². The molecule has 15 rings (SSSR count). The maximum atomic E-state index is 13.7. The highest BCUT2D eigenvalue weighted by molar-refractivity contribution is 14.1. The Bertz CT molecular complexity index is 5320. The van der Waals surface area contributed by atoms with Gasteiger partial charge in [0.05, 0.1) is 39.2 Å². The first-order valence-corrected chi connectivity index (χ1v) is 40.2. The molecule has 0 unspecified atom stereocenters. The van der Waals surface area contributed by atoms with Gasteiger partial charge in [-0.15, -0.1) is 47.3 Å². The quantitative estimate of drug-likeness (QED) is 0.0335. The summed E-state index contributed by atoms with van der Waals surface area (Å²) >= 11 is 11.6. The van der Waals surface area contributed by atoms with Crippen LogP contribution < -0.4 is 44.0 Å². The molecule has 12 aromatic rings. The number of benzene rings is 10. The third-order valence-electron chi connectivity index (χ3n) is 19.7. The number of aromatic hydroxyl groups is 4. The average Bonchev–Trinajstić information content (AvgIpc) is 0.786. The van der Waals surface area contributed by atoms with Gasteiger partial charge in [0.25, 0.3) is 0 Å². The van der Waals surface area contributed by atoms with Gasteiger partial charge in [-0.2, -0.15) is 0 Å². The number of hydrogen-bond acceptors (Lipinski definition) is 17. The number of aryl methyl sites for hydroxylation is 2. The summed E-state index contributed by atoms with van der Waals surface area (Å²) in [5.41, 5.74) is 9.49. The topological polar surface area (TPSA) is 232 Å². The van der Waals surface area contributed by atoms with Crippen molar-refractivity contribution in [1.29, 1.82) is 0 Å². The molecule has 0 radical (unpaired) electrons. The summed E-state index contributed by atoms with van der Waals surface area (Å²) in [7, 11) is 6.30. The number of methoxy groups -OCH3 is 4. The van der Waals surface area contributed by atoms with Crippen molar-refractivity contribution in [1.82, 2.24) is 0 Å². The molecule has 0 spiro atoms. The van der Waals surface area contributed by atoms with Crippen LogP contribution in [0.3, 0.4) is 0 Å². The minimum Gasteiger partial charge on any atom is -0.504 e. The maximum absolute atomic E-state index is 13.7. The molecule has 3 aliphatic rings. The summed E-state index contributed by atoms with van der Waals surface area (Å²) in [4.78, 5) is 39.5. The van der Waals surface area contributed by atoms with Crippen LogP contribution in [-0.2, 0) is 37.6 Å². The fourth-order valence-corrected chi connectivity index (χ4v) is 14.5. The number of hydrogen-bond donors (Lipinski definition) is 4. The van der Waals surface area contributed by atoms with E-state index in [4.69, 9.17) is 46.7 Å². The molecule has 0 atom stereocenters. The molecule has 2 bridgehead atoms. The lowest BCUT2D eigenvalue weighted by molar-refractivity contribution is 0.0902. The number of Topliss-reactive ketones (excluding diaryl/α,β-unsaturated/α-hetero) is 1. The van der Waals surface area contributed by atoms with E-state index in [1.807, 2.05) is 178 Å². The number of rotatable bonds is 19. The number of carbonyl (C=O) groups is 1. The predicted octanol–water partition coefficient (Wildman–Crippen LogP) is 22.2. The summed E-state index contributed by atoms with van der Waals surface area (Å²) in [6.45, 7) is 8.53. The molecule has 2 fully saturated rings. The fraction of sp³-hybridized carbons (Fsp3) is 0.225. The minimum absolute atomic E-state index is 0.0609. The molecule has 2 aliphatic heterocycles. The van der Waals surface area contributed by atoms with E-state index in [1.165, 1.54) is 38.5 Å². The van der Waals surface area contributed by atoms with Crippen LogP contribution in [-0.4, -0.2) is 64.5 Å². The number of ether oxygens (including phenoxy) is 8. The highest BCUT2D eigenvalue weighted by Crippen LogP contribution is 2.49. The lowest BCUT2D eigenvalue weighted by Gasteiger charge is -2.38. The van der Waals surface area contributed by atoms with E-state index in [1.54, 1.807) is 64.8 Å². The van der Waals surface area contributed by atoms with Crippen molar-refractivity contribution in [2.75, 3.05) is 28.4 Å². The molecule has 2 aromatic heterocycles. The second-order valence-electron chi connectivity index (χ2n) is 27.2. The summed E-state index contributed by atoms with van der Waals surface area (Å²) in [5.74, 6) is 3.01. The van der Waals surface area contributed by atoms with Crippen LogP contribution in [0.25, 0.3) is 50.2 Å². The number of allylic oxidation sites excluding steroid dienone is 2. The van der Waals surface area contributed by atoms with Gasteiger partial charge < -0.3 is 67.2 Å². The molecule has 0 saturated carbocycles. The Morgan fingerprint density at radius 3 is 1.26 bits per heavy atom. The molecule has 10 aromatic carbocycles. The van der Waals surface area contributed by atoms with Gasteiger partial charge in [-0.3, -0.25) is 14.4 Å². The smallest absolute Gasteiger partial charge is 0.369 e. The first-order valence-electron chi connectivity index (χ1n) is 36.4. The van der Waals surface area contributed by atoms with Crippen LogP contribution in [0.15, 0.2) is 237 Å². The van der Waals surface area contributed by atoms with Crippen LogP contribution in [0.1, 0.15) is 93.4 Å². The van der Waals surface area contributed by atoms with E-state index >= 15 is 0 Å². The van der Waals surface area contributed by atoms with E-state index in [0.29, 0.717) is 82.0 Å². The number of phenolic OH excluding ortho intramolecular Hbond substituents is 3. The second-order valence-corrected chi connectivity index (χ2v) is 34.9. The summed E-state index contributed by atoms with van der Waals surface area (Å²) in [5, 5.41) is 39.2. The van der Waals surface area contributed by atoms with Crippen molar-refractivity contribution in [3.8, 4) is 85.9 Å². The number of halogens is 4. The number of fused-ring (bicyclic) bond motifs is 5. The minimum atomic E-state index is -0.692. The van der Waals surface area contributed by atoms with Gasteiger partial charge in [0.1, 0.15) is 44.3 Å². The van der Waals surface area contributed by atoms with Crippen molar-refractivity contribution in [2.24, 2.45) is 0 Å². The summed E-state index contributed by atoms with van der Waals surface area (Å²) in [6, 6.07) is 64.9. The largest absolute Gasteiger partial charge is 0.504 e. The van der Waals surface area contributed by atoms with Gasteiger partial charge in [0.15, 0.2) is 57.5 Å². The Hall–Kier alpha value is -10.1. The Labute approximate surface area is 689 Å². The zero-order valence-corrected chi connectivity index (χ0v) is 69.8. The Morgan fingerprint density at radius 2 is 0.839 bits per heavy atom. The molecule has 2 saturated heterocycles. The van der Waals surface area contributed by atoms with Crippen LogP contribution in [0, 0.1) is 17.4 Å². The van der Waals surface area contributed by atoms with Crippen LogP contribution in [0.2, 0.25) is 18.5 Å². The van der Waals surface area contributed by atoms with Crippen molar-refractivity contribution in [2.45, 2.75) is 104 Å². The zero-order valence-electron chi connectivity index (χ0n) is 62.9. The summed E-state index contributed by atoms with van der Waals surface area (Å²) < 4.78 is 60.6. The lowest BCUT2D eigenvalue weighted by Crippen LogP contribution is -2.31. The number of ketones is 1. The molecule has 112 heavy (non-hydrogen) atoms. The van der Waals surface area contributed by atoms with Gasteiger partial charge in [-0.25, -0.2) is 0 Å². The van der Waals surface area contributed by atoms with Gasteiger partial charge >= 0.3 is 3.18 Å². The standard InChI is InChI=1S/C32H27IO5.C32H28O6.C16H12O6.C9H17B.BBr3/c1-35-28-17-24(18-29(36-2)32(28)38-20-22-11-7-4-8-12-22)27-16-23-15-25(33)13-14-26(23)30(34)31(27)37-19-21-9-5-3-6-10-21;1-21-14-15-25-26(16-21)38-30(32(29(25)33)37-20-23-12-8-5-9-13-23)24-17-27(34-2)31(28(18-24)35-3)36-19-22-10-6-4-7-11-22;1-7-2-3-9-12(4-7)22-16(15(21)13(9)19)8-5-10(17)14(20)11(18)6-8;1-10-8-4-2-5-9(10)7-3-6-8;2-1(3)4/h3-15,17-18H,16,19-20H2,1-2H3;4-18H,19-20H2,1-3H3;2-6,17-18,20-21H,1H3;8-9H,2-7H2,1H3;. The Morgan fingerprint density at radius 1 is 0.455 bits per heavy atom. The number of phenols is 3. The van der Waals surface area contributed by atoms with Crippen LogP contribution in [0.4, 0.5) is 0 Å². The molecule has 4 heterocycles. The fourth-order valence-electron chi connectivity index (χ4n) is 14.0. The molecule has 23 heteroatoms. The van der Waals surface area contributed by atoms with Gasteiger partial charge in [0, 0.05) is 32.3 Å². The highest BCUT2D eigenvalue weighted by atomic mass is 127. The molecule has 17 nitrogen and oxygen atoms in total. The maximum Gasteiger partial charge on any atom is 0.369 e. The van der Waals surface area contributed by atoms with E-state index in [2.05, 4.69) is 76.7 Å². The molecular weight excluding hydrogens is 1730 g/mol. The van der Waals surface area contributed by atoms with E-state index in [-0.39, 0.29) is 61.4 Å². The van der Waals surface area contributed by atoms with E-state index in [0.717, 1.165) is 84.1 Å². The van der Waals surface area contributed by atoms with Crippen LogP contribution in [0.5, 0.6) is 63.2 Å². The normalized spacial score (nSPS) is 13.9. The third-order valence-corrected chi connectivity index (χ3v) is 20.4. The summed E-state index contributed by atoms with van der Waals surface area (Å²) in [6.07, 6.45) is 9.75. The molecule has 576 valence electrons. The zero-order chi connectivity index (χ0) is 79.5. The van der Waals surface area contributed by atoms with Crippen molar-refractivity contribution >= 4 is 113 Å². The molecular formula is C89H84B2Br3IO17. The first kappa shape index (κ1) is 82.9. The predicted molar refractivity (Wildman–Crippen MR) is 462 cm³/mol. The van der Waals surface area contributed by atoms with Gasteiger partial charge in [-0.1, -0.05) is 190 Å². The Kier molecular flexibility index (Phi) is 29.2. The highest BCUT2D eigenvalue weighted by Gasteiger charge is 2.36. The SMILES string of the molecule is BrB(Br)Br.CB1C2CCCC1CCC2.COc1cc(-c2oc3cc(C)ccc3c(=O)c2OCc2ccccc2)cc(OC)c1OCc1ccccc1.COc1cc(C2=C(OCc3ccccc3)C(=O)c3ccc(I)cc3C2)cc(OC)c1OCc1ccccc1.Cc1ccc2c(=O)c(O)c(-c3cc(O)c(O)c(O)c3)oc2c1. The monoisotopic (exact) mass is 1810 g/mol. The first-order chi connectivity index (χ1) is 54.1. The van der Waals surface area contributed by atoms with Gasteiger partial charge in [0.2, 0.25) is 39.6 Å². The van der Waals surface area contributed by atoms with Crippen molar-refractivity contribution in [3.63, 3.8) is 0 Å². The average molecular weight is 1810 g/mol. The molecule has 1 aliphatic carbocycles.